The first-order chi connectivity index (χ1) is 9.15. The fourth-order valence-corrected chi connectivity index (χ4v) is 3.52. The minimum atomic E-state index is -0.475. The average Bonchev–Trinajstić information content (AvgIpc) is 2.92. The van der Waals surface area contributed by atoms with Gasteiger partial charge in [-0.25, -0.2) is 0 Å². The zero-order valence-electron chi connectivity index (χ0n) is 12.3. The van der Waals surface area contributed by atoms with Crippen LogP contribution >= 0.6 is 0 Å². The summed E-state index contributed by atoms with van der Waals surface area (Å²) in [5.74, 6) is -0.121. The maximum Gasteiger partial charge on any atom is 0.326 e. The molecule has 2 rings (SSSR count). The number of nitrogens with zero attached hydrogens (tertiary/aromatic N) is 1. The topological polar surface area (TPSA) is 50.8 Å². The van der Waals surface area contributed by atoms with Crippen molar-refractivity contribution in [2.75, 3.05) is 34.4 Å². The number of rotatable bonds is 4. The Bertz CT molecular complexity index is 316. The molecule has 0 aromatic carbocycles. The molecule has 2 fully saturated rings. The van der Waals surface area contributed by atoms with Gasteiger partial charge in [-0.1, -0.05) is 0 Å². The van der Waals surface area contributed by atoms with Gasteiger partial charge >= 0.3 is 5.97 Å². The summed E-state index contributed by atoms with van der Waals surface area (Å²) in [5.41, 5.74) is -0.475. The van der Waals surface area contributed by atoms with E-state index in [0.29, 0.717) is 12.1 Å². The molecule has 0 bridgehead atoms. The summed E-state index contributed by atoms with van der Waals surface area (Å²) in [4.78, 5) is 14.5. The summed E-state index contributed by atoms with van der Waals surface area (Å²) in [6.45, 7) is 2.15. The van der Waals surface area contributed by atoms with E-state index in [-0.39, 0.29) is 5.97 Å². The normalized spacial score (nSPS) is 33.5. The monoisotopic (exact) mass is 270 g/mol. The van der Waals surface area contributed by atoms with Gasteiger partial charge in [-0.05, 0) is 39.2 Å². The number of ether oxygens (including phenoxy) is 2. The molecule has 19 heavy (non-hydrogen) atoms. The van der Waals surface area contributed by atoms with E-state index in [1.807, 2.05) is 7.05 Å². The van der Waals surface area contributed by atoms with Gasteiger partial charge in [-0.2, -0.15) is 0 Å². The van der Waals surface area contributed by atoms with Gasteiger partial charge in [0.2, 0.25) is 0 Å². The minimum absolute atomic E-state index is 0.121. The summed E-state index contributed by atoms with van der Waals surface area (Å²) in [6.07, 6.45) is 5.38. The van der Waals surface area contributed by atoms with Crippen molar-refractivity contribution in [3.8, 4) is 0 Å². The Morgan fingerprint density at radius 3 is 2.47 bits per heavy atom. The summed E-state index contributed by atoms with van der Waals surface area (Å²) in [6, 6.07) is 0.490. The number of carbonyl (C=O) groups is 1. The molecule has 0 aromatic heterocycles. The number of hydrogen-bond donors (Lipinski definition) is 1. The molecule has 5 nitrogen and oxygen atoms in total. The van der Waals surface area contributed by atoms with Crippen LogP contribution in [-0.4, -0.2) is 62.9 Å². The highest BCUT2D eigenvalue weighted by atomic mass is 16.5. The van der Waals surface area contributed by atoms with Gasteiger partial charge in [0.05, 0.1) is 13.2 Å². The van der Waals surface area contributed by atoms with E-state index in [1.165, 1.54) is 7.11 Å². The van der Waals surface area contributed by atoms with Crippen LogP contribution in [0.2, 0.25) is 0 Å². The summed E-state index contributed by atoms with van der Waals surface area (Å²) in [7, 11) is 5.12. The van der Waals surface area contributed by atoms with Crippen LogP contribution in [0.5, 0.6) is 0 Å². The molecule has 1 aliphatic carbocycles. The number of esters is 1. The van der Waals surface area contributed by atoms with E-state index in [9.17, 15) is 4.79 Å². The van der Waals surface area contributed by atoms with E-state index in [4.69, 9.17) is 9.47 Å². The van der Waals surface area contributed by atoms with E-state index >= 15 is 0 Å². The van der Waals surface area contributed by atoms with Gasteiger partial charge in [0.25, 0.3) is 0 Å². The van der Waals surface area contributed by atoms with E-state index < -0.39 is 5.54 Å². The molecule has 1 N–H and O–H groups in total. The predicted molar refractivity (Wildman–Crippen MR) is 73.0 cm³/mol. The standard InChI is InChI=1S/C14H26N2O3/c1-15-14(13(17)19-3)7-4-11(10-14)16-8-5-12(18-2)6-9-16/h11-12,15H,4-10H2,1-3H3. The zero-order valence-corrected chi connectivity index (χ0v) is 12.3. The van der Waals surface area contributed by atoms with Gasteiger partial charge in [0.1, 0.15) is 5.54 Å². The lowest BCUT2D eigenvalue weighted by molar-refractivity contribution is -0.148. The SMILES string of the molecule is CNC1(C(=O)OC)CCC(N2CCC(OC)CC2)C1. The van der Waals surface area contributed by atoms with Crippen LogP contribution < -0.4 is 5.32 Å². The number of piperidine rings is 1. The van der Waals surface area contributed by atoms with Gasteiger partial charge in [-0.3, -0.25) is 4.79 Å². The lowest BCUT2D eigenvalue weighted by Crippen LogP contribution is -2.51. The van der Waals surface area contributed by atoms with Crippen molar-refractivity contribution in [2.45, 2.75) is 49.8 Å². The van der Waals surface area contributed by atoms with E-state index in [0.717, 1.165) is 45.2 Å². The molecule has 2 atom stereocenters. The van der Waals surface area contributed by atoms with Crippen molar-refractivity contribution in [3.63, 3.8) is 0 Å². The van der Waals surface area contributed by atoms with Gasteiger partial charge in [-0.15, -0.1) is 0 Å². The van der Waals surface area contributed by atoms with Crippen LogP contribution in [0.1, 0.15) is 32.1 Å². The van der Waals surface area contributed by atoms with E-state index in [2.05, 4.69) is 10.2 Å². The van der Waals surface area contributed by atoms with Gasteiger partial charge in [0.15, 0.2) is 0 Å². The number of carbonyl (C=O) groups excluding carboxylic acids is 1. The summed E-state index contributed by atoms with van der Waals surface area (Å²) in [5, 5.41) is 3.19. The Morgan fingerprint density at radius 2 is 1.95 bits per heavy atom. The highest BCUT2D eigenvalue weighted by molar-refractivity contribution is 5.81. The van der Waals surface area contributed by atoms with Crippen molar-refractivity contribution in [3.05, 3.63) is 0 Å². The fourth-order valence-electron chi connectivity index (χ4n) is 3.52. The first kappa shape index (κ1) is 14.8. The number of methoxy groups -OCH3 is 2. The van der Waals surface area contributed by atoms with Crippen LogP contribution in [0, 0.1) is 0 Å². The molecule has 5 heteroatoms. The molecule has 0 aromatic rings. The fraction of sp³-hybridized carbons (Fsp3) is 0.929. The Labute approximate surface area is 115 Å². The van der Waals surface area contributed by atoms with Gasteiger partial charge in [0, 0.05) is 26.2 Å². The zero-order chi connectivity index (χ0) is 13.9. The van der Waals surface area contributed by atoms with Crippen molar-refractivity contribution in [1.82, 2.24) is 10.2 Å². The van der Waals surface area contributed by atoms with Crippen LogP contribution in [0.4, 0.5) is 0 Å². The van der Waals surface area contributed by atoms with Crippen molar-refractivity contribution >= 4 is 5.97 Å². The van der Waals surface area contributed by atoms with Crippen molar-refractivity contribution in [1.29, 1.82) is 0 Å². The third-order valence-electron chi connectivity index (χ3n) is 4.87. The molecule has 1 saturated carbocycles. The number of hydrogen-bond acceptors (Lipinski definition) is 5. The largest absolute Gasteiger partial charge is 0.468 e. The van der Waals surface area contributed by atoms with Crippen LogP contribution in [-0.2, 0) is 14.3 Å². The van der Waals surface area contributed by atoms with Crippen LogP contribution in [0.3, 0.4) is 0 Å². The van der Waals surface area contributed by atoms with Crippen molar-refractivity contribution in [2.24, 2.45) is 0 Å². The first-order valence-corrected chi connectivity index (χ1v) is 7.19. The molecule has 110 valence electrons. The van der Waals surface area contributed by atoms with Crippen LogP contribution in [0.15, 0.2) is 0 Å². The Hall–Kier alpha value is -0.650. The number of likely N-dealkylation sites (tertiary alicyclic amines) is 1. The lowest BCUT2D eigenvalue weighted by atomic mass is 9.97. The highest BCUT2D eigenvalue weighted by Crippen LogP contribution is 2.35. The molecule has 0 radical (unpaired) electrons. The van der Waals surface area contributed by atoms with E-state index in [1.54, 1.807) is 7.11 Å². The molecule has 0 spiro atoms. The molecule has 1 aliphatic heterocycles. The van der Waals surface area contributed by atoms with Gasteiger partial charge < -0.3 is 19.7 Å². The highest BCUT2D eigenvalue weighted by Gasteiger charge is 2.47. The Morgan fingerprint density at radius 1 is 1.26 bits per heavy atom. The first-order valence-electron chi connectivity index (χ1n) is 7.19. The number of nitrogens with one attached hydrogen (secondary N) is 1. The molecule has 1 heterocycles. The second kappa shape index (κ2) is 6.20. The smallest absolute Gasteiger partial charge is 0.326 e. The summed E-state index contributed by atoms with van der Waals surface area (Å²) >= 11 is 0. The van der Waals surface area contributed by atoms with Crippen LogP contribution in [0.25, 0.3) is 0 Å². The second-order valence-electron chi connectivity index (χ2n) is 5.69. The average molecular weight is 270 g/mol. The molecular weight excluding hydrogens is 244 g/mol. The third-order valence-corrected chi connectivity index (χ3v) is 4.87. The molecular formula is C14H26N2O3. The quantitative estimate of drug-likeness (QED) is 0.765. The summed E-state index contributed by atoms with van der Waals surface area (Å²) < 4.78 is 10.4. The predicted octanol–water partition coefficient (Wildman–Crippen LogP) is 0.781. The Balaban J connectivity index is 1.93. The molecule has 0 amide bonds. The third kappa shape index (κ3) is 2.93. The molecule has 1 saturated heterocycles. The molecule has 2 aliphatic rings. The lowest BCUT2D eigenvalue weighted by Gasteiger charge is -2.36. The second-order valence-corrected chi connectivity index (χ2v) is 5.69. The Kier molecular flexibility index (Phi) is 4.81. The number of likely N-dealkylation sites (N-methyl/N-ethyl adjacent to an activating group) is 1. The van der Waals surface area contributed by atoms with Crippen molar-refractivity contribution < 1.29 is 14.3 Å². The molecule has 2 unspecified atom stereocenters. The maximum atomic E-state index is 12.0. The maximum absolute atomic E-state index is 12.0. The minimum Gasteiger partial charge on any atom is -0.468 e.